The average Bonchev–Trinajstić information content (AvgIpc) is 3.87. The fourth-order valence-electron chi connectivity index (χ4n) is 9.53. The molecule has 0 radical (unpaired) electrons. The Hall–Kier alpha value is -6.08. The van der Waals surface area contributed by atoms with E-state index in [4.69, 9.17) is 14.7 Å². The molecule has 3 aromatic heterocycles. The van der Waals surface area contributed by atoms with Gasteiger partial charge in [0.2, 0.25) is 0 Å². The van der Waals surface area contributed by atoms with Crippen LogP contribution in [0.25, 0.3) is 49.8 Å². The number of benzene rings is 5. The van der Waals surface area contributed by atoms with E-state index in [0.29, 0.717) is 11.8 Å². The van der Waals surface area contributed by atoms with Crippen LogP contribution in [0.15, 0.2) is 109 Å². The predicted octanol–water partition coefficient (Wildman–Crippen LogP) is 13.4. The van der Waals surface area contributed by atoms with Gasteiger partial charge in [-0.1, -0.05) is 84.9 Å². The maximum absolute atomic E-state index is 7.06. The van der Waals surface area contributed by atoms with Crippen LogP contribution in [0.1, 0.15) is 95.7 Å². The lowest BCUT2D eigenvalue weighted by atomic mass is 9.85. The summed E-state index contributed by atoms with van der Waals surface area (Å²) in [6.07, 6.45) is 5.39. The first-order valence-corrected chi connectivity index (χ1v) is 21.4. The molecule has 8 aromatic rings. The van der Waals surface area contributed by atoms with Crippen molar-refractivity contribution in [2.24, 2.45) is 0 Å². The predicted molar refractivity (Wildman–Crippen MR) is 245 cm³/mol. The summed E-state index contributed by atoms with van der Waals surface area (Å²) in [5.41, 5.74) is 14.4. The van der Waals surface area contributed by atoms with Crippen molar-refractivity contribution in [3.05, 3.63) is 132 Å². The minimum atomic E-state index is -0.00812. The highest BCUT2D eigenvalue weighted by Gasteiger charge is 2.29. The van der Waals surface area contributed by atoms with Gasteiger partial charge in [-0.25, -0.2) is 9.97 Å². The average molecular weight is 779 g/mol. The van der Waals surface area contributed by atoms with Gasteiger partial charge in [-0.15, -0.1) is 0 Å². The number of rotatable bonds is 7. The third kappa shape index (κ3) is 6.33. The van der Waals surface area contributed by atoms with Crippen LogP contribution in [0, 0.1) is 0 Å². The summed E-state index contributed by atoms with van der Waals surface area (Å²) >= 11 is 0. The van der Waals surface area contributed by atoms with Crippen LogP contribution in [0.3, 0.4) is 0 Å². The number of nitrogens with zero attached hydrogens (tertiary/aromatic N) is 6. The van der Waals surface area contributed by atoms with Crippen molar-refractivity contribution in [3.8, 4) is 28.4 Å². The lowest BCUT2D eigenvalue weighted by Gasteiger charge is -2.24. The molecule has 0 atom stereocenters. The van der Waals surface area contributed by atoms with Gasteiger partial charge in [0.05, 0.1) is 40.1 Å². The van der Waals surface area contributed by atoms with Gasteiger partial charge in [0, 0.05) is 54.8 Å². The molecule has 0 saturated carbocycles. The monoisotopic (exact) mass is 778 g/mol. The SMILES string of the molecule is CC(C)c1cccc(C(C)C)c1-c1cc(Oc2ccc3c4ccccc4n(-c4cc(C(C)(C)C)ccn4)c3c2)cc(N2CN(C)c3cc4c(cc32)nc2n4CCCC2)c1. The zero-order valence-corrected chi connectivity index (χ0v) is 35.7. The Morgan fingerprint density at radius 1 is 0.695 bits per heavy atom. The van der Waals surface area contributed by atoms with E-state index in [1.165, 1.54) is 74.1 Å². The van der Waals surface area contributed by atoms with Crippen LogP contribution >= 0.6 is 0 Å². The quantitative estimate of drug-likeness (QED) is 0.161. The second kappa shape index (κ2) is 14.0. The Morgan fingerprint density at radius 2 is 1.47 bits per heavy atom. The van der Waals surface area contributed by atoms with Crippen molar-refractivity contribution in [3.63, 3.8) is 0 Å². The molecule has 0 saturated heterocycles. The Bertz CT molecular complexity index is 2900. The van der Waals surface area contributed by atoms with Gasteiger partial charge in [-0.05, 0) is 113 Å². The molecule has 5 aromatic carbocycles. The molecular formula is C52H54N6O. The highest BCUT2D eigenvalue weighted by molar-refractivity contribution is 6.09. The fraction of sp³-hybridized carbons (Fsp3) is 0.308. The minimum Gasteiger partial charge on any atom is -0.457 e. The zero-order valence-electron chi connectivity index (χ0n) is 35.7. The molecule has 0 bridgehead atoms. The van der Waals surface area contributed by atoms with E-state index in [1.54, 1.807) is 0 Å². The summed E-state index contributed by atoms with van der Waals surface area (Å²) in [4.78, 5) is 14.9. The Morgan fingerprint density at radius 3 is 2.25 bits per heavy atom. The molecule has 0 fully saturated rings. The molecule has 2 aliphatic rings. The van der Waals surface area contributed by atoms with Crippen LogP contribution in [-0.4, -0.2) is 32.8 Å². The molecule has 5 heterocycles. The van der Waals surface area contributed by atoms with E-state index in [9.17, 15) is 0 Å². The number of fused-ring (bicyclic) bond motifs is 7. The van der Waals surface area contributed by atoms with Gasteiger partial charge >= 0.3 is 0 Å². The van der Waals surface area contributed by atoms with Crippen molar-refractivity contribution in [2.75, 3.05) is 23.5 Å². The molecule has 7 nitrogen and oxygen atoms in total. The molecule has 2 aliphatic heterocycles. The van der Waals surface area contributed by atoms with E-state index in [1.807, 2.05) is 6.20 Å². The van der Waals surface area contributed by atoms with Gasteiger partial charge in [0.1, 0.15) is 23.1 Å². The first-order chi connectivity index (χ1) is 28.4. The van der Waals surface area contributed by atoms with Crippen molar-refractivity contribution in [1.29, 1.82) is 0 Å². The number of aromatic nitrogens is 4. The highest BCUT2D eigenvalue weighted by atomic mass is 16.5. The highest BCUT2D eigenvalue weighted by Crippen LogP contribution is 2.47. The molecule has 7 heteroatoms. The van der Waals surface area contributed by atoms with Crippen molar-refractivity contribution in [2.45, 2.75) is 91.5 Å². The number of hydrogen-bond acceptors (Lipinski definition) is 5. The zero-order chi connectivity index (χ0) is 40.7. The summed E-state index contributed by atoms with van der Waals surface area (Å²) in [6.45, 7) is 17.7. The number of imidazole rings is 1. The molecule has 0 unspecified atom stereocenters. The third-order valence-electron chi connectivity index (χ3n) is 12.6. The number of ether oxygens (including phenoxy) is 1. The van der Waals surface area contributed by atoms with Crippen LogP contribution < -0.4 is 14.5 Å². The molecule has 0 amide bonds. The van der Waals surface area contributed by atoms with Crippen LogP contribution in [-0.2, 0) is 18.4 Å². The maximum Gasteiger partial charge on any atom is 0.137 e. The first-order valence-electron chi connectivity index (χ1n) is 21.4. The first kappa shape index (κ1) is 37.2. The van der Waals surface area contributed by atoms with Crippen molar-refractivity contribution >= 4 is 49.9 Å². The fourth-order valence-corrected chi connectivity index (χ4v) is 9.53. The van der Waals surface area contributed by atoms with Gasteiger partial charge in [-0.2, -0.15) is 0 Å². The van der Waals surface area contributed by atoms with Crippen molar-refractivity contribution < 1.29 is 4.74 Å². The van der Waals surface area contributed by atoms with Crippen molar-refractivity contribution in [1.82, 2.24) is 19.1 Å². The number of hydrogen-bond donors (Lipinski definition) is 0. The van der Waals surface area contributed by atoms with Gasteiger partial charge < -0.3 is 19.1 Å². The normalized spacial score (nSPS) is 14.3. The minimum absolute atomic E-state index is 0.00812. The van der Waals surface area contributed by atoms with E-state index in [2.05, 4.69) is 178 Å². The molecule has 10 rings (SSSR count). The van der Waals surface area contributed by atoms with Gasteiger partial charge in [0.15, 0.2) is 0 Å². The molecule has 0 N–H and O–H groups in total. The summed E-state index contributed by atoms with van der Waals surface area (Å²) in [5, 5.41) is 2.36. The van der Waals surface area contributed by atoms with Crippen LogP contribution in [0.2, 0.25) is 0 Å². The smallest absolute Gasteiger partial charge is 0.137 e. The molecule has 0 spiro atoms. The number of anilines is 3. The van der Waals surface area contributed by atoms with Gasteiger partial charge in [-0.3, -0.25) is 4.57 Å². The maximum atomic E-state index is 7.06. The third-order valence-corrected chi connectivity index (χ3v) is 12.6. The molecule has 59 heavy (non-hydrogen) atoms. The molecule has 298 valence electrons. The number of pyridine rings is 1. The Balaban J connectivity index is 1.14. The van der Waals surface area contributed by atoms with E-state index in [-0.39, 0.29) is 5.41 Å². The lowest BCUT2D eigenvalue weighted by molar-refractivity contribution is 0.483. The van der Waals surface area contributed by atoms with Crippen LogP contribution in [0.5, 0.6) is 11.5 Å². The summed E-state index contributed by atoms with van der Waals surface area (Å²) in [6, 6.07) is 37.8. The van der Waals surface area contributed by atoms with E-state index in [0.717, 1.165) is 59.2 Å². The molecule has 0 aliphatic carbocycles. The summed E-state index contributed by atoms with van der Waals surface area (Å²) in [7, 11) is 2.20. The largest absolute Gasteiger partial charge is 0.457 e. The van der Waals surface area contributed by atoms with E-state index < -0.39 is 0 Å². The summed E-state index contributed by atoms with van der Waals surface area (Å²) < 4.78 is 11.8. The molecular weight excluding hydrogens is 725 g/mol. The van der Waals surface area contributed by atoms with Gasteiger partial charge in [0.25, 0.3) is 0 Å². The van der Waals surface area contributed by atoms with E-state index >= 15 is 0 Å². The topological polar surface area (TPSA) is 51.4 Å². The second-order valence-corrected chi connectivity index (χ2v) is 18.4. The Labute approximate surface area is 347 Å². The second-order valence-electron chi connectivity index (χ2n) is 18.4. The lowest BCUT2D eigenvalue weighted by Crippen LogP contribution is -2.24. The number of para-hydroxylation sites is 1. The standard InChI is InChI=1S/C52H54N6O/c1-32(2)39-15-13-16-40(33(3)4)51(39)34-24-36(57-31-55(8)47-30-46-43(29-48(47)57)54-49-18-11-12-23-56(46)49)27-38(25-34)59-37-19-20-42-41-14-9-10-17-44(41)58(45(42)28-37)50-26-35(21-22-53-50)52(5,6)7/h9-10,13-17,19-22,24-30,32-33H,11-12,18,23,31H2,1-8H3. The van der Waals surface area contributed by atoms with Crippen LogP contribution in [0.4, 0.5) is 17.1 Å². The Kier molecular flexibility index (Phi) is 8.85. The summed E-state index contributed by atoms with van der Waals surface area (Å²) in [5.74, 6) is 4.40. The number of aryl methyl sites for hydroxylation is 2.